The fraction of sp³-hybridized carbons (Fsp3) is 0.357. The Balaban J connectivity index is 1.74. The zero-order valence-electron chi connectivity index (χ0n) is 20.9. The number of phenols is 1. The first-order valence-electron chi connectivity index (χ1n) is 11.8. The second kappa shape index (κ2) is 10.9. The van der Waals surface area contributed by atoms with Crippen LogP contribution in [0.25, 0.3) is 0 Å². The Morgan fingerprint density at radius 3 is 2.47 bits per heavy atom. The third kappa shape index (κ3) is 4.95. The number of nitrogens with one attached hydrogen (secondary N) is 1. The molecule has 0 spiro atoms. The van der Waals surface area contributed by atoms with Gasteiger partial charge in [0.2, 0.25) is 0 Å². The van der Waals surface area contributed by atoms with E-state index < -0.39 is 11.9 Å². The van der Waals surface area contributed by atoms with E-state index >= 15 is 0 Å². The molecule has 0 aromatic heterocycles. The zero-order chi connectivity index (χ0) is 25.8. The predicted molar refractivity (Wildman–Crippen MR) is 133 cm³/mol. The first-order chi connectivity index (χ1) is 17.4. The Kier molecular flexibility index (Phi) is 7.64. The molecular formula is C28H31NO7. The minimum absolute atomic E-state index is 0.0596. The lowest BCUT2D eigenvalue weighted by Gasteiger charge is -2.36. The van der Waals surface area contributed by atoms with Crippen molar-refractivity contribution in [3.8, 4) is 17.2 Å². The maximum Gasteiger partial charge on any atom is 0.336 e. The van der Waals surface area contributed by atoms with Gasteiger partial charge >= 0.3 is 5.97 Å². The minimum atomic E-state index is -0.651. The number of aromatic hydroxyl groups is 1. The third-order valence-electron chi connectivity index (χ3n) is 6.65. The second-order valence-electron chi connectivity index (χ2n) is 8.86. The lowest BCUT2D eigenvalue weighted by molar-refractivity contribution is -0.140. The number of carbonyl (C=O) groups excluding carboxylic acids is 2. The molecule has 1 aliphatic carbocycles. The third-order valence-corrected chi connectivity index (χ3v) is 6.65. The summed E-state index contributed by atoms with van der Waals surface area (Å²) in [7, 11) is 4.69. The van der Waals surface area contributed by atoms with Crippen LogP contribution in [-0.4, -0.2) is 51.4 Å². The summed E-state index contributed by atoms with van der Waals surface area (Å²) in [5.41, 5.74) is 3.89. The number of Topliss-reactive ketones (excluding diaryl/α,β-unsaturated/α-hetero) is 1. The standard InChI is InChI=1S/C28H31NO7/c1-16-25(28(32)36-11-10-33-2)26(18-6-5-7-20(30)12-18)27-21(29-16)13-19(14-22(27)31)17-8-9-23(34-3)24(15-17)35-4/h5-9,12,15,19,26,29-30H,10-11,13-14H2,1-4H3/t19-,26+/m0/s1. The van der Waals surface area contributed by atoms with E-state index in [4.69, 9.17) is 18.9 Å². The number of dihydropyridines is 1. The Bertz CT molecular complexity index is 1230. The molecular weight excluding hydrogens is 462 g/mol. The molecule has 36 heavy (non-hydrogen) atoms. The van der Waals surface area contributed by atoms with E-state index in [9.17, 15) is 14.7 Å². The molecule has 8 nitrogen and oxygen atoms in total. The van der Waals surface area contributed by atoms with Gasteiger partial charge in [-0.1, -0.05) is 18.2 Å². The molecule has 0 radical (unpaired) electrons. The van der Waals surface area contributed by atoms with Crippen molar-refractivity contribution in [3.05, 3.63) is 76.1 Å². The smallest absolute Gasteiger partial charge is 0.336 e. The van der Waals surface area contributed by atoms with Gasteiger partial charge < -0.3 is 29.4 Å². The Hall–Kier alpha value is -3.78. The number of hydrogen-bond acceptors (Lipinski definition) is 8. The van der Waals surface area contributed by atoms with Gasteiger partial charge in [-0.3, -0.25) is 4.79 Å². The van der Waals surface area contributed by atoms with E-state index in [2.05, 4.69) is 5.32 Å². The lowest BCUT2D eigenvalue weighted by Crippen LogP contribution is -2.36. The number of methoxy groups -OCH3 is 3. The van der Waals surface area contributed by atoms with Gasteiger partial charge in [-0.05, 0) is 54.7 Å². The first kappa shape index (κ1) is 25.3. The number of hydrogen-bond donors (Lipinski definition) is 2. The fourth-order valence-electron chi connectivity index (χ4n) is 4.99. The minimum Gasteiger partial charge on any atom is -0.508 e. The summed E-state index contributed by atoms with van der Waals surface area (Å²) in [4.78, 5) is 26.8. The largest absolute Gasteiger partial charge is 0.508 e. The molecule has 2 atom stereocenters. The maximum absolute atomic E-state index is 13.7. The van der Waals surface area contributed by atoms with Crippen molar-refractivity contribution >= 4 is 11.8 Å². The summed E-state index contributed by atoms with van der Waals surface area (Å²) in [6, 6.07) is 12.3. The van der Waals surface area contributed by atoms with E-state index in [1.165, 1.54) is 7.11 Å². The molecule has 2 N–H and O–H groups in total. The Morgan fingerprint density at radius 1 is 1.00 bits per heavy atom. The Labute approximate surface area is 210 Å². The number of carbonyl (C=O) groups is 2. The van der Waals surface area contributed by atoms with Crippen LogP contribution in [0, 0.1) is 0 Å². The average molecular weight is 494 g/mol. The van der Waals surface area contributed by atoms with Crippen molar-refractivity contribution in [3.63, 3.8) is 0 Å². The van der Waals surface area contributed by atoms with Gasteiger partial charge in [-0.25, -0.2) is 4.79 Å². The molecule has 2 aromatic carbocycles. The Morgan fingerprint density at radius 2 is 1.78 bits per heavy atom. The molecule has 190 valence electrons. The van der Waals surface area contributed by atoms with Crippen molar-refractivity contribution in [1.29, 1.82) is 0 Å². The van der Waals surface area contributed by atoms with Crippen molar-refractivity contribution in [2.45, 2.75) is 31.6 Å². The number of ether oxygens (including phenoxy) is 4. The first-order valence-corrected chi connectivity index (χ1v) is 11.8. The molecule has 8 heteroatoms. The number of benzene rings is 2. The average Bonchev–Trinajstić information content (AvgIpc) is 2.87. The van der Waals surface area contributed by atoms with E-state index in [1.807, 2.05) is 24.3 Å². The van der Waals surface area contributed by atoms with Gasteiger partial charge in [0.05, 0.1) is 26.4 Å². The number of ketones is 1. The normalized spacial score (nSPS) is 19.5. The van der Waals surface area contributed by atoms with E-state index in [-0.39, 0.29) is 37.1 Å². The van der Waals surface area contributed by atoms with Gasteiger partial charge in [0.15, 0.2) is 17.3 Å². The monoisotopic (exact) mass is 493 g/mol. The van der Waals surface area contributed by atoms with E-state index in [0.717, 1.165) is 11.3 Å². The predicted octanol–water partition coefficient (Wildman–Crippen LogP) is 3.96. The van der Waals surface area contributed by atoms with Crippen molar-refractivity contribution < 1.29 is 33.6 Å². The van der Waals surface area contributed by atoms with Crippen LogP contribution in [0.15, 0.2) is 65.0 Å². The van der Waals surface area contributed by atoms with Crippen LogP contribution in [0.5, 0.6) is 17.2 Å². The second-order valence-corrected chi connectivity index (χ2v) is 8.86. The van der Waals surface area contributed by atoms with Crippen LogP contribution < -0.4 is 14.8 Å². The van der Waals surface area contributed by atoms with Crippen LogP contribution in [0.4, 0.5) is 0 Å². The summed E-state index contributed by atoms with van der Waals surface area (Å²) in [5, 5.41) is 13.5. The van der Waals surface area contributed by atoms with Crippen LogP contribution in [0.3, 0.4) is 0 Å². The highest BCUT2D eigenvalue weighted by molar-refractivity contribution is 6.04. The highest BCUT2D eigenvalue weighted by Crippen LogP contribution is 2.46. The maximum atomic E-state index is 13.7. The summed E-state index contributed by atoms with van der Waals surface area (Å²) in [5.74, 6) is -0.0200. The quantitative estimate of drug-likeness (QED) is 0.421. The zero-order valence-corrected chi connectivity index (χ0v) is 20.9. The highest BCUT2D eigenvalue weighted by atomic mass is 16.6. The molecule has 0 unspecified atom stereocenters. The number of esters is 1. The van der Waals surface area contributed by atoms with Crippen molar-refractivity contribution in [2.24, 2.45) is 0 Å². The lowest BCUT2D eigenvalue weighted by atomic mass is 9.71. The summed E-state index contributed by atoms with van der Waals surface area (Å²) in [6.07, 6.45) is 0.853. The molecule has 0 saturated heterocycles. The molecule has 4 rings (SSSR count). The highest BCUT2D eigenvalue weighted by Gasteiger charge is 2.41. The van der Waals surface area contributed by atoms with E-state index in [1.54, 1.807) is 39.3 Å². The molecule has 1 heterocycles. The van der Waals surface area contributed by atoms with Gasteiger partial charge in [-0.2, -0.15) is 0 Å². The summed E-state index contributed by atoms with van der Waals surface area (Å²) < 4.78 is 21.2. The number of rotatable bonds is 8. The van der Waals surface area contributed by atoms with Gasteiger partial charge in [-0.15, -0.1) is 0 Å². The van der Waals surface area contributed by atoms with Crippen molar-refractivity contribution in [1.82, 2.24) is 5.32 Å². The molecule has 2 aliphatic rings. The SMILES string of the molecule is COCCOC(=O)C1=C(C)NC2=C(C(=O)C[C@@H](c3ccc(OC)c(OC)c3)C2)[C@@H]1c1cccc(O)c1. The van der Waals surface area contributed by atoms with Crippen LogP contribution >= 0.6 is 0 Å². The summed E-state index contributed by atoms with van der Waals surface area (Å²) in [6.45, 7) is 2.17. The fourth-order valence-corrected chi connectivity index (χ4v) is 4.99. The van der Waals surface area contributed by atoms with E-state index in [0.29, 0.717) is 40.3 Å². The number of allylic oxidation sites excluding steroid dienone is 3. The molecule has 0 bridgehead atoms. The van der Waals surface area contributed by atoms with Crippen LogP contribution in [0.1, 0.15) is 42.7 Å². The molecule has 0 saturated carbocycles. The number of phenolic OH excluding ortho intramolecular Hbond substituents is 1. The van der Waals surface area contributed by atoms with Crippen LogP contribution in [-0.2, 0) is 19.1 Å². The van der Waals surface area contributed by atoms with Gasteiger partial charge in [0.25, 0.3) is 0 Å². The molecule has 2 aromatic rings. The molecule has 1 aliphatic heterocycles. The summed E-state index contributed by atoms with van der Waals surface area (Å²) >= 11 is 0. The topological polar surface area (TPSA) is 103 Å². The van der Waals surface area contributed by atoms with Gasteiger partial charge in [0.1, 0.15) is 12.4 Å². The van der Waals surface area contributed by atoms with Gasteiger partial charge in [0, 0.05) is 36.4 Å². The molecule has 0 amide bonds. The molecule has 0 fully saturated rings. The van der Waals surface area contributed by atoms with Crippen LogP contribution in [0.2, 0.25) is 0 Å². The van der Waals surface area contributed by atoms with Crippen molar-refractivity contribution in [2.75, 3.05) is 34.5 Å².